The van der Waals surface area contributed by atoms with Crippen molar-refractivity contribution in [3.05, 3.63) is 72.8 Å². The minimum absolute atomic E-state index is 0.353. The van der Waals surface area contributed by atoms with Gasteiger partial charge in [0.1, 0.15) is 0 Å². The molecule has 3 nitrogen and oxygen atoms in total. The highest BCUT2D eigenvalue weighted by molar-refractivity contribution is 7.99. The van der Waals surface area contributed by atoms with Crippen LogP contribution in [0.3, 0.4) is 0 Å². The van der Waals surface area contributed by atoms with Gasteiger partial charge >= 0.3 is 7.12 Å². The van der Waals surface area contributed by atoms with Crippen LogP contribution in [0, 0.1) is 0 Å². The van der Waals surface area contributed by atoms with Crippen LogP contribution in [0.5, 0.6) is 0 Å². The number of hydrogen-bond acceptors (Lipinski definition) is 4. The van der Waals surface area contributed by atoms with Crippen LogP contribution >= 0.6 is 11.8 Å². The lowest BCUT2D eigenvalue weighted by Gasteiger charge is -2.33. The number of hydrogen-bond donors (Lipinski definition) is 0. The smallest absolute Gasteiger partial charge is 0.399 e. The predicted molar refractivity (Wildman–Crippen MR) is 121 cm³/mol. The normalized spacial score (nSPS) is 19.0. The molecule has 1 fully saturated rings. The molecule has 0 bridgehead atoms. The van der Waals surface area contributed by atoms with Gasteiger partial charge < -0.3 is 14.2 Å². The van der Waals surface area contributed by atoms with Gasteiger partial charge in [-0.3, -0.25) is 0 Å². The van der Waals surface area contributed by atoms with Crippen molar-refractivity contribution in [1.82, 2.24) is 0 Å². The van der Waals surface area contributed by atoms with Crippen molar-refractivity contribution in [2.75, 3.05) is 4.90 Å². The zero-order valence-corrected chi connectivity index (χ0v) is 18.0. The highest BCUT2D eigenvalue weighted by atomic mass is 32.2. The van der Waals surface area contributed by atoms with E-state index >= 15 is 0 Å². The second-order valence-corrected chi connectivity index (χ2v) is 9.64. The first-order valence-electron chi connectivity index (χ1n) is 9.97. The third-order valence-electron chi connectivity index (χ3n) is 6.09. The Morgan fingerprint density at radius 1 is 0.724 bits per heavy atom. The lowest BCUT2D eigenvalue weighted by Crippen LogP contribution is -2.41. The quantitative estimate of drug-likeness (QED) is 0.389. The summed E-state index contributed by atoms with van der Waals surface area (Å²) < 4.78 is 12.6. The molecule has 0 aromatic heterocycles. The number of rotatable bonds is 2. The Morgan fingerprint density at radius 3 is 1.86 bits per heavy atom. The molecule has 0 radical (unpaired) electrons. The van der Waals surface area contributed by atoms with E-state index in [2.05, 4.69) is 105 Å². The van der Waals surface area contributed by atoms with Gasteiger partial charge in [-0.25, -0.2) is 0 Å². The fourth-order valence-corrected chi connectivity index (χ4v) is 4.83. The van der Waals surface area contributed by atoms with Crippen molar-refractivity contribution in [2.45, 2.75) is 48.7 Å². The van der Waals surface area contributed by atoms with E-state index in [0.29, 0.717) is 0 Å². The van der Waals surface area contributed by atoms with E-state index in [1.807, 2.05) is 11.8 Å². The van der Waals surface area contributed by atoms with E-state index in [9.17, 15) is 0 Å². The first-order valence-corrected chi connectivity index (χ1v) is 10.8. The molecular weight excluding hydrogens is 377 g/mol. The van der Waals surface area contributed by atoms with E-state index in [-0.39, 0.29) is 18.3 Å². The molecule has 1 saturated heterocycles. The Hall–Kier alpha value is -2.21. The molecule has 146 valence electrons. The molecule has 2 aliphatic heterocycles. The molecule has 0 amide bonds. The van der Waals surface area contributed by atoms with Crippen molar-refractivity contribution in [3.63, 3.8) is 0 Å². The summed E-state index contributed by atoms with van der Waals surface area (Å²) in [7, 11) is -0.371. The van der Waals surface area contributed by atoms with Crippen LogP contribution in [0.1, 0.15) is 27.7 Å². The Bertz CT molecular complexity index is 1020. The Morgan fingerprint density at radius 2 is 1.28 bits per heavy atom. The summed E-state index contributed by atoms with van der Waals surface area (Å²) in [6.45, 7) is 8.35. The molecule has 3 aromatic carbocycles. The lowest BCUT2D eigenvalue weighted by atomic mass is 9.79. The zero-order chi connectivity index (χ0) is 20.2. The minimum Gasteiger partial charge on any atom is -0.399 e. The zero-order valence-electron chi connectivity index (χ0n) is 17.2. The maximum absolute atomic E-state index is 6.29. The minimum atomic E-state index is -0.371. The van der Waals surface area contributed by atoms with Crippen LogP contribution in [0.2, 0.25) is 0 Å². The SMILES string of the molecule is CC1(C)OB(c2cccc(N3c4ccccc4Sc4ccccc43)c2)OC1(C)C. The largest absolute Gasteiger partial charge is 0.494 e. The molecule has 29 heavy (non-hydrogen) atoms. The molecule has 5 rings (SSSR count). The summed E-state index contributed by atoms with van der Waals surface area (Å²) >= 11 is 1.82. The fourth-order valence-electron chi connectivity index (χ4n) is 3.77. The van der Waals surface area contributed by atoms with Gasteiger partial charge in [0.2, 0.25) is 0 Å². The molecule has 0 spiro atoms. The maximum atomic E-state index is 6.29. The highest BCUT2D eigenvalue weighted by Crippen LogP contribution is 2.51. The number of anilines is 3. The maximum Gasteiger partial charge on any atom is 0.494 e. The number of nitrogens with zero attached hydrogens (tertiary/aromatic N) is 1. The van der Waals surface area contributed by atoms with Gasteiger partial charge in [-0.15, -0.1) is 0 Å². The van der Waals surface area contributed by atoms with Gasteiger partial charge in [0.15, 0.2) is 0 Å². The van der Waals surface area contributed by atoms with Crippen LogP contribution in [0.25, 0.3) is 0 Å². The molecule has 0 aliphatic carbocycles. The van der Waals surface area contributed by atoms with Gasteiger partial charge in [0.05, 0.1) is 22.6 Å². The second kappa shape index (κ2) is 6.66. The van der Waals surface area contributed by atoms with Gasteiger partial charge in [-0.05, 0) is 69.6 Å². The summed E-state index contributed by atoms with van der Waals surface area (Å²) in [4.78, 5) is 4.84. The summed E-state index contributed by atoms with van der Waals surface area (Å²) in [5, 5.41) is 0. The first-order chi connectivity index (χ1) is 13.9. The van der Waals surface area contributed by atoms with E-state index in [4.69, 9.17) is 9.31 Å². The van der Waals surface area contributed by atoms with E-state index < -0.39 is 0 Å². The van der Waals surface area contributed by atoms with E-state index in [1.165, 1.54) is 21.2 Å². The molecule has 2 aliphatic rings. The van der Waals surface area contributed by atoms with Crippen molar-refractivity contribution < 1.29 is 9.31 Å². The Balaban J connectivity index is 1.59. The highest BCUT2D eigenvalue weighted by Gasteiger charge is 2.51. The van der Waals surface area contributed by atoms with Gasteiger partial charge in [-0.1, -0.05) is 48.2 Å². The molecular formula is C24H24BNO2S. The summed E-state index contributed by atoms with van der Waals surface area (Å²) in [6, 6.07) is 25.6. The van der Waals surface area contributed by atoms with Crippen LogP contribution in [0.4, 0.5) is 17.1 Å². The molecule has 0 unspecified atom stereocenters. The number of benzene rings is 3. The van der Waals surface area contributed by atoms with E-state index in [1.54, 1.807) is 0 Å². The van der Waals surface area contributed by atoms with Gasteiger partial charge in [-0.2, -0.15) is 0 Å². The molecule has 0 atom stereocenters. The predicted octanol–water partition coefficient (Wildman–Crippen LogP) is 5.92. The summed E-state index contributed by atoms with van der Waals surface area (Å²) in [5.74, 6) is 0. The van der Waals surface area contributed by atoms with Crippen LogP contribution in [-0.4, -0.2) is 18.3 Å². The Kier molecular flexibility index (Phi) is 4.32. The third kappa shape index (κ3) is 3.09. The number of para-hydroxylation sites is 2. The topological polar surface area (TPSA) is 21.7 Å². The molecule has 2 heterocycles. The van der Waals surface area contributed by atoms with Crippen molar-refractivity contribution in [2.24, 2.45) is 0 Å². The molecule has 0 saturated carbocycles. The average molecular weight is 401 g/mol. The fraction of sp³-hybridized carbons (Fsp3) is 0.250. The van der Waals surface area contributed by atoms with Crippen LogP contribution < -0.4 is 10.4 Å². The standard InChI is InChI=1S/C24H24BNO2S/c1-23(2)24(3,4)28-25(27-23)17-10-9-11-18(16-17)26-19-12-5-7-14-21(19)29-22-15-8-6-13-20(22)26/h5-16H,1-4H3. The van der Waals surface area contributed by atoms with Gasteiger partial charge in [0, 0.05) is 15.5 Å². The lowest BCUT2D eigenvalue weighted by molar-refractivity contribution is 0.00578. The third-order valence-corrected chi connectivity index (χ3v) is 7.22. The van der Waals surface area contributed by atoms with Gasteiger partial charge in [0.25, 0.3) is 0 Å². The summed E-state index contributed by atoms with van der Waals surface area (Å²) in [6.07, 6.45) is 0. The Labute approximate surface area is 177 Å². The number of fused-ring (bicyclic) bond motifs is 2. The average Bonchev–Trinajstić information content (AvgIpc) is 2.93. The molecule has 0 N–H and O–H groups in total. The van der Waals surface area contributed by atoms with Crippen LogP contribution in [0.15, 0.2) is 82.6 Å². The van der Waals surface area contributed by atoms with Crippen molar-refractivity contribution >= 4 is 41.4 Å². The van der Waals surface area contributed by atoms with Crippen LogP contribution in [-0.2, 0) is 9.31 Å². The second-order valence-electron chi connectivity index (χ2n) is 8.56. The molecule has 3 aromatic rings. The summed E-state index contributed by atoms with van der Waals surface area (Å²) in [5.41, 5.74) is 3.83. The van der Waals surface area contributed by atoms with Crippen molar-refractivity contribution in [3.8, 4) is 0 Å². The molecule has 5 heteroatoms. The first kappa shape index (κ1) is 18.8. The van der Waals surface area contributed by atoms with E-state index in [0.717, 1.165) is 11.2 Å². The van der Waals surface area contributed by atoms with Crippen molar-refractivity contribution in [1.29, 1.82) is 0 Å². The monoisotopic (exact) mass is 401 g/mol.